The highest BCUT2D eigenvalue weighted by Gasteiger charge is 2.31. The summed E-state index contributed by atoms with van der Waals surface area (Å²) in [5.74, 6) is -1.82. The summed E-state index contributed by atoms with van der Waals surface area (Å²) < 4.78 is 6.55. The number of thioether (sulfide) groups is 1. The van der Waals surface area contributed by atoms with Crippen molar-refractivity contribution in [3.63, 3.8) is 0 Å². The van der Waals surface area contributed by atoms with E-state index in [0.717, 1.165) is 18.2 Å². The molecule has 0 amide bonds. The van der Waals surface area contributed by atoms with E-state index < -0.39 is 23.2 Å². The third kappa shape index (κ3) is 5.42. The van der Waals surface area contributed by atoms with Crippen LogP contribution in [0.25, 0.3) is 0 Å². The lowest BCUT2D eigenvalue weighted by Gasteiger charge is -2.15. The number of rotatable bonds is 7. The first-order valence-corrected chi connectivity index (χ1v) is 10.2. The molecule has 2 atom stereocenters. The summed E-state index contributed by atoms with van der Waals surface area (Å²) in [6.45, 7) is 0.698. The van der Waals surface area contributed by atoms with Crippen molar-refractivity contribution >= 4 is 34.6 Å². The van der Waals surface area contributed by atoms with Gasteiger partial charge in [-0.3, -0.25) is 14.4 Å². The normalized spacial score (nSPS) is 16.9. The average molecular weight is 414 g/mol. The van der Waals surface area contributed by atoms with Crippen molar-refractivity contribution in [2.45, 2.75) is 30.6 Å². The Morgan fingerprint density at radius 2 is 1.93 bits per heavy atom. The molecule has 0 aliphatic carbocycles. The molecule has 0 saturated carbocycles. The van der Waals surface area contributed by atoms with Gasteiger partial charge in [-0.1, -0.05) is 42.1 Å². The number of aromatic nitrogens is 1. The van der Waals surface area contributed by atoms with E-state index in [1.807, 2.05) is 0 Å². The summed E-state index contributed by atoms with van der Waals surface area (Å²) in [4.78, 5) is 50.0. The molecular weight excluding hydrogens is 392 g/mol. The lowest BCUT2D eigenvalue weighted by molar-refractivity contribution is -0.160. The Balaban J connectivity index is 1.72. The maximum atomic E-state index is 13.0. The van der Waals surface area contributed by atoms with Crippen LogP contribution in [0, 0.1) is 0 Å². The fourth-order valence-electron chi connectivity index (χ4n) is 3.10. The van der Waals surface area contributed by atoms with Gasteiger partial charge in [0, 0.05) is 18.8 Å². The van der Waals surface area contributed by atoms with E-state index in [9.17, 15) is 19.2 Å². The number of benzene rings is 1. The number of nitrogens with one attached hydrogen (secondary N) is 1. The number of aryl methyl sites for hydroxylation is 1. The first kappa shape index (κ1) is 21.0. The molecule has 1 N–H and O–H groups in total. The van der Waals surface area contributed by atoms with E-state index in [-0.39, 0.29) is 17.3 Å². The Bertz CT molecular complexity index is 903. The number of ether oxygens (including phenoxy) is 1. The van der Waals surface area contributed by atoms with Gasteiger partial charge in [0.1, 0.15) is 6.04 Å². The van der Waals surface area contributed by atoms with Gasteiger partial charge < -0.3 is 14.6 Å². The Morgan fingerprint density at radius 3 is 2.55 bits per heavy atom. The van der Waals surface area contributed by atoms with E-state index in [0.29, 0.717) is 24.2 Å². The molecule has 1 fully saturated rings. The van der Waals surface area contributed by atoms with Crippen molar-refractivity contribution < 1.29 is 23.9 Å². The number of hydrogen-bond donors (Lipinski definition) is 1. The van der Waals surface area contributed by atoms with Crippen LogP contribution in [0.5, 0.6) is 0 Å². The maximum absolute atomic E-state index is 13.0. The predicted octanol–water partition coefficient (Wildman–Crippen LogP) is 2.36. The molecule has 0 radical (unpaired) electrons. The third-order valence-corrected chi connectivity index (χ3v) is 5.77. The van der Waals surface area contributed by atoms with Crippen LogP contribution in [0.2, 0.25) is 0 Å². The average Bonchev–Trinajstić information content (AvgIpc) is 3.39. The number of esters is 2. The van der Waals surface area contributed by atoms with Gasteiger partial charge in [-0.05, 0) is 31.5 Å². The molecule has 29 heavy (non-hydrogen) atoms. The van der Waals surface area contributed by atoms with Crippen LogP contribution in [-0.4, -0.2) is 45.2 Å². The van der Waals surface area contributed by atoms with E-state index in [4.69, 9.17) is 4.74 Å². The van der Waals surface area contributed by atoms with Crippen molar-refractivity contribution in [3.8, 4) is 0 Å². The summed E-state index contributed by atoms with van der Waals surface area (Å²) in [6.07, 6.45) is 2.79. The predicted molar refractivity (Wildman–Crippen MR) is 109 cm³/mol. The van der Waals surface area contributed by atoms with Crippen LogP contribution >= 0.6 is 11.8 Å². The second-order valence-electron chi connectivity index (χ2n) is 6.77. The summed E-state index contributed by atoms with van der Waals surface area (Å²) in [5, 5.41) is 1.65. The van der Waals surface area contributed by atoms with Crippen molar-refractivity contribution in [1.29, 1.82) is 0 Å². The molecule has 3 rings (SSSR count). The third-order valence-electron chi connectivity index (χ3n) is 4.66. The van der Waals surface area contributed by atoms with E-state index >= 15 is 0 Å². The number of carbonyl (C=O) groups is 4. The maximum Gasteiger partial charge on any atom is 0.330 e. The van der Waals surface area contributed by atoms with Crippen molar-refractivity contribution in [2.75, 3.05) is 6.54 Å². The largest absolute Gasteiger partial charge is 0.392 e. The van der Waals surface area contributed by atoms with Crippen molar-refractivity contribution in [1.82, 2.24) is 9.88 Å². The molecule has 8 heteroatoms. The molecule has 1 aromatic carbocycles. The Morgan fingerprint density at radius 1 is 1.17 bits per heavy atom. The summed E-state index contributed by atoms with van der Waals surface area (Å²) in [5.41, 5.74) is 0.807. The number of Topliss-reactive ketones (excluding diaryl/α,β-unsaturated/α-hetero) is 1. The summed E-state index contributed by atoms with van der Waals surface area (Å²) in [7, 11) is 1.71. The molecule has 0 bridgehead atoms. The van der Waals surface area contributed by atoms with Crippen LogP contribution < -0.4 is 5.32 Å². The van der Waals surface area contributed by atoms with E-state index in [1.54, 1.807) is 60.3 Å². The minimum Gasteiger partial charge on any atom is -0.392 e. The van der Waals surface area contributed by atoms with Crippen molar-refractivity contribution in [2.24, 2.45) is 7.05 Å². The Hall–Kier alpha value is -2.71. The highest BCUT2D eigenvalue weighted by atomic mass is 32.2. The fourth-order valence-corrected chi connectivity index (χ4v) is 4.08. The number of nitrogens with zero attached hydrogens (tertiary/aromatic N) is 1. The summed E-state index contributed by atoms with van der Waals surface area (Å²) >= 11 is 0.771. The Labute approximate surface area is 172 Å². The van der Waals surface area contributed by atoms with Gasteiger partial charge >= 0.3 is 11.9 Å². The second-order valence-corrected chi connectivity index (χ2v) is 7.95. The van der Waals surface area contributed by atoms with Gasteiger partial charge in [0.25, 0.3) is 0 Å². The van der Waals surface area contributed by atoms with Gasteiger partial charge in [-0.25, -0.2) is 4.79 Å². The molecule has 1 aromatic heterocycles. The second kappa shape index (κ2) is 9.67. The van der Waals surface area contributed by atoms with E-state index in [1.165, 1.54) is 0 Å². The van der Waals surface area contributed by atoms with E-state index in [2.05, 4.69) is 5.32 Å². The van der Waals surface area contributed by atoms with Crippen LogP contribution in [0.4, 0.5) is 0 Å². The zero-order chi connectivity index (χ0) is 20.8. The molecule has 2 aromatic rings. The first-order chi connectivity index (χ1) is 14.0. The molecule has 152 valence electrons. The molecule has 7 nitrogen and oxygen atoms in total. The van der Waals surface area contributed by atoms with Gasteiger partial charge in [0.15, 0.2) is 5.78 Å². The van der Waals surface area contributed by atoms with Crippen LogP contribution in [0.15, 0.2) is 48.7 Å². The highest BCUT2D eigenvalue weighted by molar-refractivity contribution is 8.15. The number of carbonyl (C=O) groups excluding carboxylic acids is 4. The van der Waals surface area contributed by atoms with Crippen LogP contribution in [0.1, 0.15) is 40.1 Å². The molecule has 2 heterocycles. The fraction of sp³-hybridized carbons (Fsp3) is 0.333. The molecule has 1 aliphatic heterocycles. The minimum atomic E-state index is -0.992. The lowest BCUT2D eigenvalue weighted by Crippen LogP contribution is -2.35. The van der Waals surface area contributed by atoms with Crippen LogP contribution in [0.3, 0.4) is 0 Å². The Kier molecular flexibility index (Phi) is 7.00. The standard InChI is InChI=1S/C21H22N2O5S/c1-23-12-6-10-16(23)19(25)17(29-21(27)14-7-3-2-4-8-14)13-18(24)28-20(26)15-9-5-11-22-15/h2-4,6-8,10,12,15,17,22H,5,9,11,13H2,1H3/t15-,17?/m0/s1. The lowest BCUT2D eigenvalue weighted by atomic mass is 10.1. The highest BCUT2D eigenvalue weighted by Crippen LogP contribution is 2.25. The van der Waals surface area contributed by atoms with Gasteiger partial charge in [-0.2, -0.15) is 0 Å². The number of hydrogen-bond acceptors (Lipinski definition) is 7. The van der Waals surface area contributed by atoms with Crippen molar-refractivity contribution in [3.05, 3.63) is 59.9 Å². The van der Waals surface area contributed by atoms with Gasteiger partial charge in [-0.15, -0.1) is 0 Å². The number of ketones is 1. The quantitative estimate of drug-likeness (QED) is 0.422. The minimum absolute atomic E-state index is 0.324. The monoisotopic (exact) mass is 414 g/mol. The van der Waals surface area contributed by atoms with Gasteiger partial charge in [0.2, 0.25) is 5.12 Å². The molecule has 0 spiro atoms. The molecular formula is C21H22N2O5S. The molecule has 1 unspecified atom stereocenters. The molecule has 1 aliphatic rings. The smallest absolute Gasteiger partial charge is 0.330 e. The zero-order valence-electron chi connectivity index (χ0n) is 16.0. The van der Waals surface area contributed by atoms with Gasteiger partial charge in [0.05, 0.1) is 17.4 Å². The molecule has 1 saturated heterocycles. The SMILES string of the molecule is Cn1cccc1C(=O)C(CC(=O)OC(=O)[C@@H]1CCCN1)SC(=O)c1ccccc1. The zero-order valence-corrected chi connectivity index (χ0v) is 16.8. The topological polar surface area (TPSA) is 94.5 Å². The van der Waals surface area contributed by atoms with Crippen LogP contribution in [-0.2, 0) is 21.4 Å². The first-order valence-electron chi connectivity index (χ1n) is 9.35. The summed E-state index contributed by atoms with van der Waals surface area (Å²) in [6, 6.07) is 11.4.